The standard InChI is InChI=1S/C14H16N2O3/c1-16-7-9-4-8(5-13(18)19)2-3-10(9)14-11(16)6-12(17)15-14/h2-4,11,14H,5-7H2,1H3,(H,15,17)(H,18,19)/t11-,14-/m1/s1. The number of hydrogen-bond acceptors (Lipinski definition) is 3. The Bertz CT molecular complexity index is 556. The number of hydrogen-bond donors (Lipinski definition) is 2. The second kappa shape index (κ2) is 4.35. The van der Waals surface area contributed by atoms with Crippen molar-refractivity contribution in [3.63, 3.8) is 0 Å². The maximum absolute atomic E-state index is 11.6. The van der Waals surface area contributed by atoms with Crippen molar-refractivity contribution in [2.24, 2.45) is 0 Å². The number of carbonyl (C=O) groups excluding carboxylic acids is 1. The minimum absolute atomic E-state index is 0.0391. The van der Waals surface area contributed by atoms with Crippen LogP contribution in [0.25, 0.3) is 0 Å². The van der Waals surface area contributed by atoms with Crippen molar-refractivity contribution in [1.82, 2.24) is 10.2 Å². The molecule has 1 aromatic carbocycles. The molecule has 0 unspecified atom stereocenters. The summed E-state index contributed by atoms with van der Waals surface area (Å²) >= 11 is 0. The van der Waals surface area contributed by atoms with Gasteiger partial charge in [-0.3, -0.25) is 14.5 Å². The van der Waals surface area contributed by atoms with E-state index in [0.717, 1.165) is 23.2 Å². The van der Waals surface area contributed by atoms with Crippen LogP contribution in [0.2, 0.25) is 0 Å². The van der Waals surface area contributed by atoms with E-state index in [1.807, 2.05) is 25.2 Å². The monoisotopic (exact) mass is 260 g/mol. The molecule has 0 aromatic heterocycles. The summed E-state index contributed by atoms with van der Waals surface area (Å²) in [4.78, 5) is 24.5. The minimum Gasteiger partial charge on any atom is -0.481 e. The summed E-state index contributed by atoms with van der Waals surface area (Å²) in [6, 6.07) is 6.01. The number of aliphatic carboxylic acids is 1. The van der Waals surface area contributed by atoms with E-state index in [1.54, 1.807) is 0 Å². The van der Waals surface area contributed by atoms with Crippen LogP contribution in [0.4, 0.5) is 0 Å². The molecule has 0 spiro atoms. The topological polar surface area (TPSA) is 69.6 Å². The van der Waals surface area contributed by atoms with E-state index >= 15 is 0 Å². The molecule has 100 valence electrons. The summed E-state index contributed by atoms with van der Waals surface area (Å²) < 4.78 is 0. The zero-order chi connectivity index (χ0) is 13.6. The van der Waals surface area contributed by atoms with Gasteiger partial charge in [0.2, 0.25) is 5.91 Å². The van der Waals surface area contributed by atoms with Gasteiger partial charge < -0.3 is 10.4 Å². The van der Waals surface area contributed by atoms with Crippen LogP contribution in [0.5, 0.6) is 0 Å². The fraction of sp³-hybridized carbons (Fsp3) is 0.429. The zero-order valence-electron chi connectivity index (χ0n) is 10.7. The Morgan fingerprint density at radius 1 is 1.53 bits per heavy atom. The molecule has 0 bridgehead atoms. The molecule has 2 N–H and O–H groups in total. The quantitative estimate of drug-likeness (QED) is 0.821. The number of carboxylic acids is 1. The average molecular weight is 260 g/mol. The molecule has 1 saturated heterocycles. The molecule has 5 nitrogen and oxygen atoms in total. The highest BCUT2D eigenvalue weighted by atomic mass is 16.4. The highest BCUT2D eigenvalue weighted by Crippen LogP contribution is 2.36. The van der Waals surface area contributed by atoms with Crippen LogP contribution >= 0.6 is 0 Å². The number of nitrogens with one attached hydrogen (secondary N) is 1. The Morgan fingerprint density at radius 2 is 2.32 bits per heavy atom. The maximum atomic E-state index is 11.6. The minimum atomic E-state index is -0.823. The second-order valence-electron chi connectivity index (χ2n) is 5.34. The van der Waals surface area contributed by atoms with Gasteiger partial charge in [-0.05, 0) is 23.7 Å². The van der Waals surface area contributed by atoms with Crippen molar-refractivity contribution in [3.05, 3.63) is 34.9 Å². The van der Waals surface area contributed by atoms with Crippen LogP contribution in [0.15, 0.2) is 18.2 Å². The van der Waals surface area contributed by atoms with Gasteiger partial charge >= 0.3 is 5.97 Å². The summed E-state index contributed by atoms with van der Waals surface area (Å²) in [5.74, 6) is -0.736. The molecule has 0 saturated carbocycles. The van der Waals surface area contributed by atoms with Crippen LogP contribution in [0, 0.1) is 0 Å². The molecule has 0 radical (unpaired) electrons. The van der Waals surface area contributed by atoms with E-state index in [4.69, 9.17) is 5.11 Å². The molecule has 2 atom stereocenters. The van der Waals surface area contributed by atoms with Crippen LogP contribution in [-0.4, -0.2) is 35.0 Å². The third-order valence-corrected chi connectivity index (χ3v) is 3.98. The fourth-order valence-electron chi connectivity index (χ4n) is 3.10. The highest BCUT2D eigenvalue weighted by Gasteiger charge is 2.40. The number of carbonyl (C=O) groups is 2. The third kappa shape index (κ3) is 2.10. The number of benzene rings is 1. The van der Waals surface area contributed by atoms with Gasteiger partial charge in [0, 0.05) is 19.0 Å². The van der Waals surface area contributed by atoms with Crippen molar-refractivity contribution in [2.75, 3.05) is 7.05 Å². The summed E-state index contributed by atoms with van der Waals surface area (Å²) in [5, 5.41) is 11.8. The Balaban J connectivity index is 1.96. The molecule has 1 amide bonds. The van der Waals surface area contributed by atoms with E-state index in [2.05, 4.69) is 10.2 Å². The molecular formula is C14H16N2O3. The lowest BCUT2D eigenvalue weighted by Crippen LogP contribution is -2.40. The first-order chi connectivity index (χ1) is 9.04. The lowest BCUT2D eigenvalue weighted by atomic mass is 9.89. The summed E-state index contributed by atoms with van der Waals surface area (Å²) in [5.41, 5.74) is 3.05. The van der Waals surface area contributed by atoms with Gasteiger partial charge in [0.05, 0.1) is 12.5 Å². The van der Waals surface area contributed by atoms with Crippen molar-refractivity contribution in [1.29, 1.82) is 0 Å². The SMILES string of the molecule is CN1Cc2cc(CC(=O)O)ccc2[C@H]2NC(=O)C[C@H]21. The first kappa shape index (κ1) is 12.2. The number of likely N-dealkylation sites (N-methyl/N-ethyl adjacent to an activating group) is 1. The first-order valence-electron chi connectivity index (χ1n) is 6.37. The van der Waals surface area contributed by atoms with Crippen molar-refractivity contribution < 1.29 is 14.7 Å². The molecule has 19 heavy (non-hydrogen) atoms. The van der Waals surface area contributed by atoms with E-state index in [-0.39, 0.29) is 24.4 Å². The highest BCUT2D eigenvalue weighted by molar-refractivity contribution is 5.80. The van der Waals surface area contributed by atoms with Crippen molar-refractivity contribution >= 4 is 11.9 Å². The van der Waals surface area contributed by atoms with Crippen LogP contribution in [0.3, 0.4) is 0 Å². The third-order valence-electron chi connectivity index (χ3n) is 3.98. The Morgan fingerprint density at radius 3 is 3.05 bits per heavy atom. The largest absolute Gasteiger partial charge is 0.481 e. The van der Waals surface area contributed by atoms with Gasteiger partial charge in [0.25, 0.3) is 0 Å². The number of rotatable bonds is 2. The Labute approximate surface area is 111 Å². The van der Waals surface area contributed by atoms with Gasteiger partial charge in [0.1, 0.15) is 0 Å². The van der Waals surface area contributed by atoms with Crippen LogP contribution < -0.4 is 5.32 Å². The molecule has 3 rings (SSSR count). The van der Waals surface area contributed by atoms with Gasteiger partial charge in [-0.2, -0.15) is 0 Å². The van der Waals surface area contributed by atoms with Gasteiger partial charge in [-0.25, -0.2) is 0 Å². The number of carboxylic acid groups (broad SMARTS) is 1. The van der Waals surface area contributed by atoms with Crippen LogP contribution in [0.1, 0.15) is 29.2 Å². The normalized spacial score (nSPS) is 25.6. The van der Waals surface area contributed by atoms with Crippen molar-refractivity contribution in [2.45, 2.75) is 31.5 Å². The van der Waals surface area contributed by atoms with E-state index < -0.39 is 5.97 Å². The lowest BCUT2D eigenvalue weighted by Gasteiger charge is -2.35. The van der Waals surface area contributed by atoms with Crippen LogP contribution in [-0.2, 0) is 22.6 Å². The maximum Gasteiger partial charge on any atom is 0.307 e. The predicted molar refractivity (Wildman–Crippen MR) is 68.5 cm³/mol. The summed E-state index contributed by atoms with van der Waals surface area (Å²) in [6.07, 6.45) is 0.578. The van der Waals surface area contributed by atoms with Gasteiger partial charge in [-0.15, -0.1) is 0 Å². The Hall–Kier alpha value is -1.88. The lowest BCUT2D eigenvalue weighted by molar-refractivity contribution is -0.136. The smallest absolute Gasteiger partial charge is 0.307 e. The van der Waals surface area contributed by atoms with Crippen molar-refractivity contribution in [3.8, 4) is 0 Å². The summed E-state index contributed by atoms with van der Waals surface area (Å²) in [6.45, 7) is 0.763. The number of amides is 1. The molecule has 2 heterocycles. The zero-order valence-corrected chi connectivity index (χ0v) is 10.7. The molecule has 2 aliphatic heterocycles. The molecular weight excluding hydrogens is 244 g/mol. The fourth-order valence-corrected chi connectivity index (χ4v) is 3.10. The average Bonchev–Trinajstić information content (AvgIpc) is 2.70. The summed E-state index contributed by atoms with van der Waals surface area (Å²) in [7, 11) is 2.00. The molecule has 1 fully saturated rings. The second-order valence-corrected chi connectivity index (χ2v) is 5.34. The molecule has 2 aliphatic rings. The van der Waals surface area contributed by atoms with E-state index in [1.165, 1.54) is 0 Å². The Kier molecular flexibility index (Phi) is 2.78. The van der Waals surface area contributed by atoms with Gasteiger partial charge in [0.15, 0.2) is 0 Å². The predicted octanol–water partition coefficient (Wildman–Crippen LogP) is 0.689. The molecule has 5 heteroatoms. The van der Waals surface area contributed by atoms with E-state index in [0.29, 0.717) is 6.42 Å². The first-order valence-corrected chi connectivity index (χ1v) is 6.37. The molecule has 0 aliphatic carbocycles. The molecule has 1 aromatic rings. The number of fused-ring (bicyclic) bond motifs is 3. The van der Waals surface area contributed by atoms with Gasteiger partial charge in [-0.1, -0.05) is 18.2 Å². The number of nitrogens with zero attached hydrogens (tertiary/aromatic N) is 1. The van der Waals surface area contributed by atoms with E-state index in [9.17, 15) is 9.59 Å².